The van der Waals surface area contributed by atoms with Gasteiger partial charge in [-0.05, 0) is 36.8 Å². The van der Waals surface area contributed by atoms with E-state index in [-0.39, 0.29) is 5.91 Å². The quantitative estimate of drug-likeness (QED) is 0.629. The molecule has 0 unspecified atom stereocenters. The normalized spacial score (nSPS) is 16.0. The topological polar surface area (TPSA) is 56.7 Å². The Morgan fingerprint density at radius 1 is 1.32 bits per heavy atom. The lowest BCUT2D eigenvalue weighted by Crippen LogP contribution is -2.46. The second-order valence-corrected chi connectivity index (χ2v) is 6.24. The van der Waals surface area contributed by atoms with E-state index in [4.69, 9.17) is 0 Å². The van der Waals surface area contributed by atoms with Gasteiger partial charge < -0.3 is 15.5 Å². The summed E-state index contributed by atoms with van der Waals surface area (Å²) in [5.74, 6) is -0.363. The summed E-state index contributed by atoms with van der Waals surface area (Å²) in [5.41, 5.74) is 0.354. The molecule has 0 aliphatic carbocycles. The van der Waals surface area contributed by atoms with Crippen molar-refractivity contribution in [2.45, 2.75) is 25.7 Å². The highest BCUT2D eigenvalue weighted by atomic mass is 19.2. The van der Waals surface area contributed by atoms with E-state index in [1.165, 1.54) is 6.07 Å². The van der Waals surface area contributed by atoms with Crippen LogP contribution in [0.5, 0.6) is 0 Å². The molecule has 2 rings (SSSR count). The van der Waals surface area contributed by atoms with E-state index in [9.17, 15) is 13.6 Å². The molecule has 1 aliphatic heterocycles. The number of rotatable bonds is 5. The average Bonchev–Trinajstić information content (AvgIpc) is 2.63. The molecule has 0 saturated carbocycles. The molecule has 1 aromatic rings. The van der Waals surface area contributed by atoms with Crippen molar-refractivity contribution >= 4 is 11.9 Å². The average molecular weight is 352 g/mol. The van der Waals surface area contributed by atoms with E-state index in [1.54, 1.807) is 20.2 Å². The van der Waals surface area contributed by atoms with Gasteiger partial charge in [0.1, 0.15) is 0 Å². The molecule has 1 fully saturated rings. The molecule has 5 nitrogen and oxygen atoms in total. The van der Waals surface area contributed by atoms with Crippen LogP contribution in [0, 0.1) is 17.6 Å². The maximum atomic E-state index is 13.7. The molecule has 0 aromatic heterocycles. The highest BCUT2D eigenvalue weighted by Crippen LogP contribution is 2.20. The summed E-state index contributed by atoms with van der Waals surface area (Å²) in [7, 11) is 3.37. The van der Waals surface area contributed by atoms with Crippen molar-refractivity contribution in [2.75, 3.05) is 33.7 Å². The van der Waals surface area contributed by atoms with Crippen molar-refractivity contribution in [3.05, 3.63) is 35.4 Å². The fourth-order valence-electron chi connectivity index (χ4n) is 3.10. The van der Waals surface area contributed by atoms with E-state index in [0.717, 1.165) is 38.0 Å². The first-order valence-electron chi connectivity index (χ1n) is 8.64. The van der Waals surface area contributed by atoms with Crippen LogP contribution in [0.4, 0.5) is 8.78 Å². The van der Waals surface area contributed by atoms with Gasteiger partial charge in [0.25, 0.3) is 0 Å². The summed E-state index contributed by atoms with van der Waals surface area (Å²) in [4.78, 5) is 17.9. The van der Waals surface area contributed by atoms with Gasteiger partial charge in [0.15, 0.2) is 17.6 Å². The largest absolute Gasteiger partial charge is 0.359 e. The number of nitrogens with zero attached hydrogens (tertiary/aromatic N) is 2. The summed E-state index contributed by atoms with van der Waals surface area (Å²) in [6.07, 6.45) is 2.82. The van der Waals surface area contributed by atoms with Crippen LogP contribution >= 0.6 is 0 Å². The van der Waals surface area contributed by atoms with Crippen molar-refractivity contribution < 1.29 is 13.6 Å². The van der Waals surface area contributed by atoms with Gasteiger partial charge in [0, 0.05) is 40.2 Å². The standard InChI is InChI=1S/C18H26F2N4O/c1-21-16(25)12-13-7-10-24(11-8-13)18(22-2)23-9-6-14-4-3-5-15(19)17(14)20/h3-5,13H,6-12H2,1-2H3,(H,21,25)(H,22,23). The Labute approximate surface area is 147 Å². The Bertz CT molecular complexity index is 613. The summed E-state index contributed by atoms with van der Waals surface area (Å²) >= 11 is 0. The number of aliphatic imine (C=N–C) groups is 1. The van der Waals surface area contributed by atoms with Gasteiger partial charge in [0.05, 0.1) is 0 Å². The third-order valence-electron chi connectivity index (χ3n) is 4.59. The molecule has 138 valence electrons. The molecule has 7 heteroatoms. The molecule has 1 aliphatic rings. The maximum absolute atomic E-state index is 13.7. The summed E-state index contributed by atoms with van der Waals surface area (Å²) < 4.78 is 26.9. The van der Waals surface area contributed by atoms with Gasteiger partial charge in [-0.1, -0.05) is 12.1 Å². The first-order chi connectivity index (χ1) is 12.0. The zero-order valence-corrected chi connectivity index (χ0v) is 14.8. The zero-order valence-electron chi connectivity index (χ0n) is 14.8. The second-order valence-electron chi connectivity index (χ2n) is 6.24. The molecular weight excluding hydrogens is 326 g/mol. The number of hydrogen-bond donors (Lipinski definition) is 2. The molecule has 25 heavy (non-hydrogen) atoms. The van der Waals surface area contributed by atoms with Crippen LogP contribution in [-0.4, -0.2) is 50.5 Å². The number of carbonyl (C=O) groups is 1. The molecule has 1 heterocycles. The van der Waals surface area contributed by atoms with Crippen molar-refractivity contribution in [2.24, 2.45) is 10.9 Å². The lowest BCUT2D eigenvalue weighted by molar-refractivity contribution is -0.121. The minimum absolute atomic E-state index is 0.0816. The van der Waals surface area contributed by atoms with Gasteiger partial charge in [0.2, 0.25) is 5.91 Å². The van der Waals surface area contributed by atoms with Gasteiger partial charge in [-0.2, -0.15) is 0 Å². The van der Waals surface area contributed by atoms with Gasteiger partial charge >= 0.3 is 0 Å². The first kappa shape index (κ1) is 19.1. The van der Waals surface area contributed by atoms with Crippen molar-refractivity contribution in [3.63, 3.8) is 0 Å². The SMILES string of the molecule is CN=C(NCCc1cccc(F)c1F)N1CCC(CC(=O)NC)CC1. The van der Waals surface area contributed by atoms with E-state index >= 15 is 0 Å². The van der Waals surface area contributed by atoms with Gasteiger partial charge in [-0.15, -0.1) is 0 Å². The van der Waals surface area contributed by atoms with Crippen LogP contribution in [0.1, 0.15) is 24.8 Å². The Morgan fingerprint density at radius 3 is 2.68 bits per heavy atom. The summed E-state index contributed by atoms with van der Waals surface area (Å²) in [6, 6.07) is 4.22. The highest BCUT2D eigenvalue weighted by Gasteiger charge is 2.23. The third kappa shape index (κ3) is 5.41. The van der Waals surface area contributed by atoms with Gasteiger partial charge in [-0.3, -0.25) is 9.79 Å². The summed E-state index contributed by atoms with van der Waals surface area (Å²) in [5, 5.41) is 5.87. The third-order valence-corrected chi connectivity index (χ3v) is 4.59. The van der Waals surface area contributed by atoms with E-state index in [2.05, 4.69) is 20.5 Å². The van der Waals surface area contributed by atoms with Crippen LogP contribution < -0.4 is 10.6 Å². The Hall–Kier alpha value is -2.18. The Morgan fingerprint density at radius 2 is 2.04 bits per heavy atom. The zero-order chi connectivity index (χ0) is 18.2. The fourth-order valence-corrected chi connectivity index (χ4v) is 3.10. The number of carbonyl (C=O) groups excluding carboxylic acids is 1. The molecule has 0 spiro atoms. The first-order valence-corrected chi connectivity index (χ1v) is 8.64. The fraction of sp³-hybridized carbons (Fsp3) is 0.556. The number of benzene rings is 1. The number of hydrogen-bond acceptors (Lipinski definition) is 2. The number of amides is 1. The van der Waals surface area contributed by atoms with E-state index < -0.39 is 11.6 Å². The lowest BCUT2D eigenvalue weighted by Gasteiger charge is -2.34. The van der Waals surface area contributed by atoms with Crippen LogP contribution in [0.15, 0.2) is 23.2 Å². The Kier molecular flexibility index (Phi) is 7.16. The number of nitrogens with one attached hydrogen (secondary N) is 2. The van der Waals surface area contributed by atoms with Crippen LogP contribution in [-0.2, 0) is 11.2 Å². The monoisotopic (exact) mass is 352 g/mol. The molecule has 1 saturated heterocycles. The van der Waals surface area contributed by atoms with Crippen LogP contribution in [0.3, 0.4) is 0 Å². The van der Waals surface area contributed by atoms with Crippen molar-refractivity contribution in [1.82, 2.24) is 15.5 Å². The summed E-state index contributed by atoms with van der Waals surface area (Å²) in [6.45, 7) is 2.14. The van der Waals surface area contributed by atoms with E-state index in [0.29, 0.717) is 30.9 Å². The molecular formula is C18H26F2N4O. The van der Waals surface area contributed by atoms with Crippen molar-refractivity contribution in [1.29, 1.82) is 0 Å². The molecule has 0 atom stereocenters. The smallest absolute Gasteiger partial charge is 0.220 e. The van der Waals surface area contributed by atoms with E-state index in [1.807, 2.05) is 0 Å². The Balaban J connectivity index is 1.79. The van der Waals surface area contributed by atoms with Crippen LogP contribution in [0.25, 0.3) is 0 Å². The lowest BCUT2D eigenvalue weighted by atomic mass is 9.93. The highest BCUT2D eigenvalue weighted by molar-refractivity contribution is 5.80. The predicted octanol–water partition coefficient (Wildman–Crippen LogP) is 1.93. The molecule has 1 amide bonds. The minimum Gasteiger partial charge on any atom is -0.359 e. The molecule has 0 radical (unpaired) electrons. The minimum atomic E-state index is -0.819. The number of halogens is 2. The molecule has 0 bridgehead atoms. The van der Waals surface area contributed by atoms with Gasteiger partial charge in [-0.25, -0.2) is 8.78 Å². The number of likely N-dealkylation sites (tertiary alicyclic amines) is 1. The number of guanidine groups is 1. The molecule has 1 aromatic carbocycles. The second kappa shape index (κ2) is 9.34. The van der Waals surface area contributed by atoms with Crippen molar-refractivity contribution in [3.8, 4) is 0 Å². The predicted molar refractivity (Wildman–Crippen MR) is 94.4 cm³/mol. The number of piperidine rings is 1. The molecule has 2 N–H and O–H groups in total. The van der Waals surface area contributed by atoms with Crippen LogP contribution in [0.2, 0.25) is 0 Å². The maximum Gasteiger partial charge on any atom is 0.220 e.